The number of nitrogens with two attached hydrogens (primary N) is 1. The minimum atomic E-state index is -4.82. The largest absolute Gasteiger partial charge is 0.573 e. The number of ether oxygens (including phenoxy) is 1. The van der Waals surface area contributed by atoms with Gasteiger partial charge in [-0.25, -0.2) is 13.6 Å². The van der Waals surface area contributed by atoms with Crippen molar-refractivity contribution < 1.29 is 31.1 Å². The van der Waals surface area contributed by atoms with Gasteiger partial charge in [0.05, 0.1) is 4.90 Å². The van der Waals surface area contributed by atoms with Crippen LogP contribution in [0.3, 0.4) is 0 Å². The number of halogens is 3. The highest BCUT2D eigenvalue weighted by Crippen LogP contribution is 2.36. The van der Waals surface area contributed by atoms with Crippen molar-refractivity contribution in [1.29, 1.82) is 0 Å². The van der Waals surface area contributed by atoms with Crippen molar-refractivity contribution in [2.45, 2.75) is 31.0 Å². The molecule has 0 heterocycles. The van der Waals surface area contributed by atoms with Gasteiger partial charge in [0.25, 0.3) is 0 Å². The van der Waals surface area contributed by atoms with Crippen LogP contribution in [0.25, 0.3) is 11.1 Å². The average molecular weight is 463 g/mol. The van der Waals surface area contributed by atoms with E-state index in [2.05, 4.69) is 4.74 Å². The van der Waals surface area contributed by atoms with E-state index in [1.807, 2.05) is 6.92 Å². The van der Waals surface area contributed by atoms with E-state index >= 15 is 0 Å². The van der Waals surface area contributed by atoms with E-state index in [0.717, 1.165) is 0 Å². The van der Waals surface area contributed by atoms with Crippen LogP contribution in [-0.4, -0.2) is 20.6 Å². The number of carbonyl (C=O) groups excluding carboxylic acids is 1. The molecular formula is C23H20F3NO4S. The lowest BCUT2D eigenvalue weighted by Gasteiger charge is -2.16. The van der Waals surface area contributed by atoms with E-state index < -0.39 is 16.4 Å². The molecule has 0 atom stereocenters. The van der Waals surface area contributed by atoms with Crippen LogP contribution < -0.4 is 9.88 Å². The molecule has 0 aliphatic carbocycles. The molecule has 0 fully saturated rings. The van der Waals surface area contributed by atoms with E-state index in [4.69, 9.17) is 5.14 Å². The average Bonchev–Trinajstić information content (AvgIpc) is 2.72. The molecule has 0 unspecified atom stereocenters. The monoisotopic (exact) mass is 463 g/mol. The summed E-state index contributed by atoms with van der Waals surface area (Å²) in [6.07, 6.45) is -4.31. The number of ketones is 1. The molecular weight excluding hydrogens is 443 g/mol. The van der Waals surface area contributed by atoms with Gasteiger partial charge in [-0.15, -0.1) is 13.2 Å². The Bertz CT molecular complexity index is 1240. The molecule has 0 bridgehead atoms. The molecule has 0 amide bonds. The fourth-order valence-corrected chi connectivity index (χ4v) is 3.83. The van der Waals surface area contributed by atoms with Gasteiger partial charge >= 0.3 is 6.36 Å². The lowest BCUT2D eigenvalue weighted by Crippen LogP contribution is -2.17. The lowest BCUT2D eigenvalue weighted by atomic mass is 9.93. The van der Waals surface area contributed by atoms with Crippen molar-refractivity contribution in [3.8, 4) is 16.9 Å². The fourth-order valence-electron chi connectivity index (χ4n) is 3.31. The fraction of sp³-hybridized carbons (Fsp3) is 0.174. The van der Waals surface area contributed by atoms with Gasteiger partial charge in [-0.1, -0.05) is 49.4 Å². The molecule has 168 valence electrons. The first-order chi connectivity index (χ1) is 15.0. The second-order valence-corrected chi connectivity index (χ2v) is 8.62. The summed E-state index contributed by atoms with van der Waals surface area (Å²) >= 11 is 0. The summed E-state index contributed by atoms with van der Waals surface area (Å²) in [5, 5.41) is 5.07. The molecule has 3 rings (SSSR count). The molecule has 3 aromatic rings. The van der Waals surface area contributed by atoms with Crippen molar-refractivity contribution in [3.05, 3.63) is 83.4 Å². The standard InChI is InChI=1S/C23H20F3NO4S/c1-2-16-14-17(21(28)13-15-7-10-18(11-8-15)32(27,29)30)9-12-19(16)20-5-3-4-6-22(20)31-23(24,25)26/h3-12,14H,2,13H2,1H3,(H2,27,29,30). The normalized spacial score (nSPS) is 11.9. The quantitative estimate of drug-likeness (QED) is 0.506. The van der Waals surface area contributed by atoms with Crippen molar-refractivity contribution in [2.24, 2.45) is 5.14 Å². The SMILES string of the molecule is CCc1cc(C(=O)Cc2ccc(S(N)(=O)=O)cc2)ccc1-c1ccccc1OC(F)(F)F. The number of hydrogen-bond donors (Lipinski definition) is 1. The van der Waals surface area contributed by atoms with E-state index in [-0.39, 0.29) is 28.4 Å². The summed E-state index contributed by atoms with van der Waals surface area (Å²) in [4.78, 5) is 12.7. The van der Waals surface area contributed by atoms with E-state index in [1.54, 1.807) is 24.3 Å². The van der Waals surface area contributed by atoms with Gasteiger partial charge in [0.1, 0.15) is 5.75 Å². The van der Waals surface area contributed by atoms with Gasteiger partial charge < -0.3 is 4.74 Å². The highest BCUT2D eigenvalue weighted by molar-refractivity contribution is 7.89. The van der Waals surface area contributed by atoms with Gasteiger partial charge in [0, 0.05) is 17.5 Å². The summed E-state index contributed by atoms with van der Waals surface area (Å²) in [6.45, 7) is 1.84. The number of aryl methyl sites for hydroxylation is 1. The minimum Gasteiger partial charge on any atom is -0.405 e. The van der Waals surface area contributed by atoms with Crippen LogP contribution in [0.4, 0.5) is 13.2 Å². The molecule has 0 aliphatic heterocycles. The molecule has 3 aromatic carbocycles. The highest BCUT2D eigenvalue weighted by atomic mass is 32.2. The van der Waals surface area contributed by atoms with Crippen LogP contribution in [-0.2, 0) is 22.9 Å². The summed E-state index contributed by atoms with van der Waals surface area (Å²) in [6, 6.07) is 16.3. The highest BCUT2D eigenvalue weighted by Gasteiger charge is 2.32. The smallest absolute Gasteiger partial charge is 0.405 e. The Morgan fingerprint density at radius 1 is 0.969 bits per heavy atom. The number of para-hydroxylation sites is 1. The van der Waals surface area contributed by atoms with Gasteiger partial charge in [-0.05, 0) is 47.4 Å². The number of primary sulfonamides is 1. The van der Waals surface area contributed by atoms with Gasteiger partial charge in [0.15, 0.2) is 5.78 Å². The van der Waals surface area contributed by atoms with Crippen LogP contribution >= 0.6 is 0 Å². The van der Waals surface area contributed by atoms with Crippen molar-refractivity contribution in [3.63, 3.8) is 0 Å². The molecule has 0 saturated heterocycles. The van der Waals surface area contributed by atoms with E-state index in [0.29, 0.717) is 28.7 Å². The molecule has 9 heteroatoms. The molecule has 0 spiro atoms. The van der Waals surface area contributed by atoms with E-state index in [9.17, 15) is 26.4 Å². The summed E-state index contributed by atoms with van der Waals surface area (Å²) < 4.78 is 65.2. The van der Waals surface area contributed by atoms with Gasteiger partial charge in [-0.2, -0.15) is 0 Å². The van der Waals surface area contributed by atoms with Crippen LogP contribution in [0.15, 0.2) is 71.6 Å². The predicted octanol–water partition coefficient (Wildman–Crippen LogP) is 4.89. The predicted molar refractivity (Wildman–Crippen MR) is 114 cm³/mol. The topological polar surface area (TPSA) is 86.5 Å². The third-order valence-electron chi connectivity index (χ3n) is 4.83. The number of sulfonamides is 1. The maximum atomic E-state index is 12.8. The summed E-state index contributed by atoms with van der Waals surface area (Å²) in [5.74, 6) is -0.529. The third-order valence-corrected chi connectivity index (χ3v) is 5.76. The molecule has 0 aromatic heterocycles. The number of alkyl halides is 3. The first kappa shape index (κ1) is 23.5. The molecule has 5 nitrogen and oxygen atoms in total. The van der Waals surface area contributed by atoms with Gasteiger partial charge in [-0.3, -0.25) is 4.79 Å². The number of hydrogen-bond acceptors (Lipinski definition) is 4. The molecule has 32 heavy (non-hydrogen) atoms. The van der Waals surface area contributed by atoms with Crippen molar-refractivity contribution >= 4 is 15.8 Å². The van der Waals surface area contributed by atoms with Crippen LogP contribution in [0.5, 0.6) is 5.75 Å². The van der Waals surface area contributed by atoms with E-state index in [1.165, 1.54) is 42.5 Å². The minimum absolute atomic E-state index is 0.0289. The second kappa shape index (κ2) is 9.13. The maximum absolute atomic E-state index is 12.8. The first-order valence-electron chi connectivity index (χ1n) is 9.61. The summed E-state index contributed by atoms with van der Waals surface area (Å²) in [7, 11) is -3.82. The second-order valence-electron chi connectivity index (χ2n) is 7.06. The van der Waals surface area contributed by atoms with Crippen molar-refractivity contribution in [1.82, 2.24) is 0 Å². The third kappa shape index (κ3) is 5.74. The molecule has 0 saturated carbocycles. The zero-order valence-electron chi connectivity index (χ0n) is 17.0. The Hall–Kier alpha value is -3.17. The maximum Gasteiger partial charge on any atom is 0.573 e. The number of Topliss-reactive ketones (excluding diaryl/α,β-unsaturated/α-hetero) is 1. The number of rotatable bonds is 7. The Morgan fingerprint density at radius 3 is 2.22 bits per heavy atom. The number of carbonyl (C=O) groups is 1. The Morgan fingerprint density at radius 2 is 1.62 bits per heavy atom. The Balaban J connectivity index is 1.88. The van der Waals surface area contributed by atoms with Crippen LogP contribution in [0.2, 0.25) is 0 Å². The van der Waals surface area contributed by atoms with Crippen molar-refractivity contribution in [2.75, 3.05) is 0 Å². The zero-order chi connectivity index (χ0) is 23.5. The summed E-state index contributed by atoms with van der Waals surface area (Å²) in [5.41, 5.74) is 2.52. The zero-order valence-corrected chi connectivity index (χ0v) is 17.8. The molecule has 2 N–H and O–H groups in total. The molecule has 0 radical (unpaired) electrons. The van der Waals surface area contributed by atoms with Crippen LogP contribution in [0.1, 0.15) is 28.4 Å². The van der Waals surface area contributed by atoms with Gasteiger partial charge in [0.2, 0.25) is 10.0 Å². The van der Waals surface area contributed by atoms with Crippen LogP contribution in [0, 0.1) is 0 Å². The lowest BCUT2D eigenvalue weighted by molar-refractivity contribution is -0.274. The Labute approximate surface area is 183 Å². The first-order valence-corrected chi connectivity index (χ1v) is 11.2. The Kier molecular flexibility index (Phi) is 6.71. The molecule has 0 aliphatic rings. The number of benzene rings is 3.